The summed E-state index contributed by atoms with van der Waals surface area (Å²) in [4.78, 5) is 12.1. The summed E-state index contributed by atoms with van der Waals surface area (Å²) in [5.41, 5.74) is 1.77. The third-order valence-corrected chi connectivity index (χ3v) is 4.30. The second-order valence-corrected chi connectivity index (χ2v) is 9.12. The minimum absolute atomic E-state index is 0.0436. The minimum Gasteiger partial charge on any atom is -0.546 e. The predicted octanol–water partition coefficient (Wildman–Crippen LogP) is 4.29. The molecular formula is C18H24O3Si. The number of methoxy groups -OCH3 is 1. The molecule has 4 heteroatoms. The summed E-state index contributed by atoms with van der Waals surface area (Å²) in [5, 5.41) is 2.06. The van der Waals surface area contributed by atoms with Crippen molar-refractivity contribution in [1.82, 2.24) is 0 Å². The number of esters is 1. The van der Waals surface area contributed by atoms with Crippen molar-refractivity contribution in [3.8, 4) is 5.75 Å². The quantitative estimate of drug-likeness (QED) is 0.626. The van der Waals surface area contributed by atoms with Gasteiger partial charge in [0.1, 0.15) is 11.3 Å². The lowest BCUT2D eigenvalue weighted by atomic mass is 9.85. The largest absolute Gasteiger partial charge is 0.546 e. The van der Waals surface area contributed by atoms with Crippen LogP contribution in [-0.4, -0.2) is 22.1 Å². The van der Waals surface area contributed by atoms with Gasteiger partial charge in [0.05, 0.1) is 7.11 Å². The first-order valence-corrected chi connectivity index (χ1v) is 10.3. The fraction of sp³-hybridized carbons (Fsp3) is 0.389. The van der Waals surface area contributed by atoms with Crippen LogP contribution in [0.25, 0.3) is 10.8 Å². The van der Waals surface area contributed by atoms with Gasteiger partial charge in [0.25, 0.3) is 0 Å². The molecule has 0 spiro atoms. The molecule has 2 aromatic carbocycles. The highest BCUT2D eigenvalue weighted by molar-refractivity contribution is 6.49. The van der Waals surface area contributed by atoms with Crippen LogP contribution in [0.2, 0.25) is 13.1 Å². The molecule has 22 heavy (non-hydrogen) atoms. The molecule has 0 bridgehead atoms. The van der Waals surface area contributed by atoms with E-state index in [1.807, 2.05) is 6.07 Å². The average Bonchev–Trinajstić information content (AvgIpc) is 2.44. The summed E-state index contributed by atoms with van der Waals surface area (Å²) >= 11 is 0. The Bertz CT molecular complexity index is 699. The monoisotopic (exact) mass is 316 g/mol. The van der Waals surface area contributed by atoms with Gasteiger partial charge in [-0.3, -0.25) is 0 Å². The Morgan fingerprint density at radius 2 is 1.73 bits per heavy atom. The Hall–Kier alpha value is -1.81. The lowest BCUT2D eigenvalue weighted by Crippen LogP contribution is -2.16. The normalized spacial score (nSPS) is 11.8. The van der Waals surface area contributed by atoms with Crippen molar-refractivity contribution in [2.24, 2.45) is 0 Å². The fourth-order valence-electron chi connectivity index (χ4n) is 2.39. The first kappa shape index (κ1) is 16.6. The van der Waals surface area contributed by atoms with Crippen molar-refractivity contribution in [3.05, 3.63) is 41.5 Å². The lowest BCUT2D eigenvalue weighted by molar-refractivity contribution is 0.0599. The van der Waals surface area contributed by atoms with Gasteiger partial charge in [-0.05, 0) is 41.6 Å². The fourth-order valence-corrected chi connectivity index (χ4v) is 3.12. The van der Waals surface area contributed by atoms with Gasteiger partial charge in [0.2, 0.25) is 9.04 Å². The van der Waals surface area contributed by atoms with Crippen molar-refractivity contribution in [2.75, 3.05) is 7.11 Å². The Kier molecular flexibility index (Phi) is 4.61. The molecule has 0 fully saturated rings. The molecule has 0 aliphatic rings. The third-order valence-electron chi connectivity index (χ3n) is 3.60. The molecule has 0 heterocycles. The molecule has 2 aromatic rings. The second-order valence-electron chi connectivity index (χ2n) is 6.79. The van der Waals surface area contributed by atoms with Crippen LogP contribution in [0.1, 0.15) is 36.7 Å². The summed E-state index contributed by atoms with van der Waals surface area (Å²) in [7, 11) is 0.0470. The van der Waals surface area contributed by atoms with Gasteiger partial charge in [0.15, 0.2) is 0 Å². The van der Waals surface area contributed by atoms with Crippen LogP contribution in [0.3, 0.4) is 0 Å². The molecule has 118 valence electrons. The maximum atomic E-state index is 12.1. The summed E-state index contributed by atoms with van der Waals surface area (Å²) in [6.07, 6.45) is 0. The van der Waals surface area contributed by atoms with Gasteiger partial charge >= 0.3 is 5.97 Å². The first-order chi connectivity index (χ1) is 10.2. The van der Waals surface area contributed by atoms with E-state index in [-0.39, 0.29) is 11.4 Å². The van der Waals surface area contributed by atoms with Gasteiger partial charge in [-0.15, -0.1) is 0 Å². The standard InChI is InChI=1S/C18H24O3Si/c1-18(2,3)13-9-7-12-8-10-14(17(19)20-4)16(15(12)11-13)21-22(5)6/h7-11,22H,1-6H3. The number of hydrogen-bond acceptors (Lipinski definition) is 3. The van der Waals surface area contributed by atoms with Crippen LogP contribution >= 0.6 is 0 Å². The highest BCUT2D eigenvalue weighted by Gasteiger charge is 2.20. The van der Waals surface area contributed by atoms with E-state index >= 15 is 0 Å². The Balaban J connectivity index is 2.74. The molecule has 0 N–H and O–H groups in total. The molecule has 0 aliphatic heterocycles. The van der Waals surface area contributed by atoms with E-state index in [9.17, 15) is 4.79 Å². The number of ether oxygens (including phenoxy) is 1. The first-order valence-electron chi connectivity index (χ1n) is 7.56. The van der Waals surface area contributed by atoms with Crippen LogP contribution in [0.15, 0.2) is 30.3 Å². The van der Waals surface area contributed by atoms with E-state index in [1.165, 1.54) is 12.7 Å². The van der Waals surface area contributed by atoms with Gasteiger partial charge < -0.3 is 9.16 Å². The lowest BCUT2D eigenvalue weighted by Gasteiger charge is -2.21. The maximum absolute atomic E-state index is 12.1. The zero-order chi connectivity index (χ0) is 16.5. The number of carbonyl (C=O) groups excluding carboxylic acids is 1. The minimum atomic E-state index is -1.35. The number of benzene rings is 2. The zero-order valence-electron chi connectivity index (χ0n) is 14.2. The van der Waals surface area contributed by atoms with Crippen LogP contribution in [0.5, 0.6) is 5.75 Å². The molecular weight excluding hydrogens is 292 g/mol. The molecule has 0 aromatic heterocycles. The molecule has 0 saturated heterocycles. The molecule has 3 nitrogen and oxygen atoms in total. The molecule has 0 radical (unpaired) electrons. The van der Waals surface area contributed by atoms with Crippen molar-refractivity contribution < 1.29 is 14.0 Å². The highest BCUT2D eigenvalue weighted by atomic mass is 28.3. The van der Waals surface area contributed by atoms with E-state index < -0.39 is 9.04 Å². The Morgan fingerprint density at radius 3 is 2.27 bits per heavy atom. The molecule has 2 rings (SSSR count). The predicted molar refractivity (Wildman–Crippen MR) is 93.5 cm³/mol. The summed E-state index contributed by atoms with van der Waals surface area (Å²) in [6, 6.07) is 10.1. The number of rotatable bonds is 3. The topological polar surface area (TPSA) is 35.5 Å². The van der Waals surface area contributed by atoms with Gasteiger partial charge in [-0.25, -0.2) is 4.79 Å². The highest BCUT2D eigenvalue weighted by Crippen LogP contribution is 2.34. The Morgan fingerprint density at radius 1 is 1.09 bits per heavy atom. The smallest absolute Gasteiger partial charge is 0.341 e. The maximum Gasteiger partial charge on any atom is 0.341 e. The SMILES string of the molecule is COC(=O)c1ccc2ccc(C(C)(C)C)cc2c1O[SiH](C)C. The van der Waals surface area contributed by atoms with Crippen LogP contribution < -0.4 is 4.43 Å². The van der Waals surface area contributed by atoms with E-state index in [4.69, 9.17) is 9.16 Å². The average molecular weight is 316 g/mol. The third kappa shape index (κ3) is 3.33. The zero-order valence-corrected chi connectivity index (χ0v) is 15.3. The van der Waals surface area contributed by atoms with E-state index in [2.05, 4.69) is 52.1 Å². The number of carbonyl (C=O) groups is 1. The summed E-state index contributed by atoms with van der Waals surface area (Å²) in [5.74, 6) is 0.310. The molecule has 0 saturated carbocycles. The molecule has 0 unspecified atom stereocenters. The van der Waals surface area contributed by atoms with Gasteiger partial charge in [0, 0.05) is 5.39 Å². The van der Waals surface area contributed by atoms with Crippen molar-refractivity contribution >= 4 is 25.8 Å². The van der Waals surface area contributed by atoms with E-state index in [1.54, 1.807) is 6.07 Å². The van der Waals surface area contributed by atoms with Gasteiger partial charge in [-0.2, -0.15) is 0 Å². The van der Waals surface area contributed by atoms with E-state index in [0.717, 1.165) is 10.8 Å². The van der Waals surface area contributed by atoms with Gasteiger partial charge in [-0.1, -0.05) is 39.0 Å². The number of fused-ring (bicyclic) bond motifs is 1. The van der Waals surface area contributed by atoms with Crippen LogP contribution in [-0.2, 0) is 10.2 Å². The van der Waals surface area contributed by atoms with Crippen molar-refractivity contribution in [3.63, 3.8) is 0 Å². The molecule has 0 atom stereocenters. The van der Waals surface area contributed by atoms with Crippen LogP contribution in [0, 0.1) is 0 Å². The molecule has 0 amide bonds. The summed E-state index contributed by atoms with van der Waals surface area (Å²) < 4.78 is 11.0. The Labute approximate surface area is 134 Å². The van der Waals surface area contributed by atoms with E-state index in [0.29, 0.717) is 11.3 Å². The number of hydrogen-bond donors (Lipinski definition) is 0. The van der Waals surface area contributed by atoms with Crippen molar-refractivity contribution in [1.29, 1.82) is 0 Å². The van der Waals surface area contributed by atoms with Crippen molar-refractivity contribution in [2.45, 2.75) is 39.3 Å². The summed E-state index contributed by atoms with van der Waals surface area (Å²) in [6.45, 7) is 10.7. The van der Waals surface area contributed by atoms with Crippen LogP contribution in [0.4, 0.5) is 0 Å². The molecule has 0 aliphatic carbocycles. The second kappa shape index (κ2) is 6.13.